The van der Waals surface area contributed by atoms with Gasteiger partial charge < -0.3 is 12.1 Å². The number of rotatable bonds is 6. The molecule has 0 radical (unpaired) electrons. The summed E-state index contributed by atoms with van der Waals surface area (Å²) in [6.07, 6.45) is 0. The van der Waals surface area contributed by atoms with Crippen LogP contribution < -0.4 is 21.1 Å². The maximum absolute atomic E-state index is 6.42. The minimum atomic E-state index is -2.13. The topological polar surface area (TPSA) is 0 Å². The molecule has 0 aliphatic carbocycles. The minimum Gasteiger partial charge on any atom is -0.788 e. The smallest absolute Gasteiger partial charge is 0.107 e. The second-order valence-electron chi connectivity index (χ2n) is 7.57. The Hall–Kier alpha value is -2.12. The van der Waals surface area contributed by atoms with Gasteiger partial charge in [-0.15, -0.1) is 0 Å². The van der Waals surface area contributed by atoms with Crippen molar-refractivity contribution < 1.29 is 0 Å². The van der Waals surface area contributed by atoms with E-state index in [2.05, 4.69) is 128 Å². The Kier molecular flexibility index (Phi) is 6.06. The molecule has 0 saturated carbocycles. The predicted octanol–water partition coefficient (Wildman–Crippen LogP) is 4.55. The van der Waals surface area contributed by atoms with E-state index in [1.807, 2.05) is 0 Å². The maximum atomic E-state index is 6.42. The lowest BCUT2D eigenvalue weighted by Gasteiger charge is -2.41. The molecule has 0 nitrogen and oxygen atoms in total. The summed E-state index contributed by atoms with van der Waals surface area (Å²) >= 11 is 6.42. The molecule has 0 aliphatic heterocycles. The van der Waals surface area contributed by atoms with E-state index in [1.165, 1.54) is 21.1 Å². The highest BCUT2D eigenvalue weighted by Crippen LogP contribution is 2.56. The molecule has 29 heavy (non-hydrogen) atoms. The Labute approximate surface area is 181 Å². The van der Waals surface area contributed by atoms with Gasteiger partial charge in [-0.25, -0.2) is 0 Å². The molecule has 4 rings (SSSR count). The van der Waals surface area contributed by atoms with Gasteiger partial charge in [-0.3, -0.25) is 0 Å². The highest BCUT2D eigenvalue weighted by molar-refractivity contribution is 8.07. The molecule has 0 heterocycles. The Morgan fingerprint density at radius 1 is 0.552 bits per heavy atom. The van der Waals surface area contributed by atoms with Crippen LogP contribution in [0, 0.1) is 0 Å². The van der Waals surface area contributed by atoms with Crippen molar-refractivity contribution in [1.82, 2.24) is 0 Å². The van der Waals surface area contributed by atoms with Gasteiger partial charge in [-0.1, -0.05) is 96.7 Å². The lowest BCUT2D eigenvalue weighted by atomic mass is 10.4. The van der Waals surface area contributed by atoms with E-state index in [0.717, 1.165) is 5.79 Å². The molecule has 4 aromatic rings. The van der Waals surface area contributed by atoms with E-state index in [-0.39, 0.29) is 0 Å². The van der Waals surface area contributed by atoms with E-state index in [0.29, 0.717) is 0 Å². The van der Waals surface area contributed by atoms with Crippen LogP contribution in [0.3, 0.4) is 0 Å². The van der Waals surface area contributed by atoms with Crippen LogP contribution in [0.15, 0.2) is 121 Å². The van der Waals surface area contributed by atoms with Crippen LogP contribution in [-0.2, 0) is 12.1 Å². The average molecular weight is 429 g/mol. The molecular formula is C26H25PSSi. The van der Waals surface area contributed by atoms with Crippen molar-refractivity contribution in [3.8, 4) is 0 Å². The first-order chi connectivity index (χ1) is 14.1. The van der Waals surface area contributed by atoms with Crippen molar-refractivity contribution in [2.45, 2.75) is 6.55 Å². The first-order valence-electron chi connectivity index (χ1n) is 9.94. The zero-order chi connectivity index (χ0) is 20.2. The highest BCUT2D eigenvalue weighted by atomic mass is 32.3. The molecule has 0 spiro atoms. The molecule has 1 atom stereocenters. The molecule has 0 saturated heterocycles. The second-order valence-corrected chi connectivity index (χ2v) is 17.7. The zero-order valence-corrected chi connectivity index (χ0v) is 19.3. The summed E-state index contributed by atoms with van der Waals surface area (Å²) in [7, 11) is -4.01. The van der Waals surface area contributed by atoms with Crippen molar-refractivity contribution in [1.29, 1.82) is 0 Å². The molecule has 1 unspecified atom stereocenters. The fraction of sp³-hybridized carbons (Fsp3) is 0.0769. The third-order valence-electron chi connectivity index (χ3n) is 5.51. The average Bonchev–Trinajstić information content (AvgIpc) is 2.80. The van der Waals surface area contributed by atoms with Crippen LogP contribution in [0.2, 0.25) is 6.55 Å². The number of hydrogen-bond acceptors (Lipinski definition) is 1. The molecule has 0 fully saturated rings. The number of hydrogen-bond donors (Lipinski definition) is 0. The fourth-order valence-corrected chi connectivity index (χ4v) is 16.6. The van der Waals surface area contributed by atoms with Gasteiger partial charge in [0.25, 0.3) is 0 Å². The Morgan fingerprint density at radius 2 is 0.862 bits per heavy atom. The van der Waals surface area contributed by atoms with E-state index < -0.39 is 14.5 Å². The van der Waals surface area contributed by atoms with E-state index in [1.54, 1.807) is 0 Å². The lowest BCUT2D eigenvalue weighted by molar-refractivity contribution is 1.68. The van der Waals surface area contributed by atoms with Crippen molar-refractivity contribution in [3.05, 3.63) is 121 Å². The van der Waals surface area contributed by atoms with Crippen molar-refractivity contribution in [2.24, 2.45) is 0 Å². The predicted molar refractivity (Wildman–Crippen MR) is 135 cm³/mol. The van der Waals surface area contributed by atoms with Crippen LogP contribution in [0.25, 0.3) is 0 Å². The van der Waals surface area contributed by atoms with E-state index >= 15 is 0 Å². The summed E-state index contributed by atoms with van der Waals surface area (Å²) in [6, 6.07) is 43.9. The standard InChI is InChI=1S/C26H25PSSi/c1-29(28,26-20-12-5-13-21-26)22-27(23-14-6-2-7-15-23,24-16-8-3-9-17-24)25-18-10-4-11-19-25/h2-21H,22H2,1H3. The van der Waals surface area contributed by atoms with Crippen LogP contribution >= 0.6 is 7.26 Å². The lowest BCUT2D eigenvalue weighted by Crippen LogP contribution is -2.51. The zero-order valence-electron chi connectivity index (χ0n) is 16.6. The van der Waals surface area contributed by atoms with Gasteiger partial charge >= 0.3 is 0 Å². The Bertz CT molecular complexity index is 938. The normalized spacial score (nSPS) is 13.6. The summed E-state index contributed by atoms with van der Waals surface area (Å²) in [6.45, 7) is 2.35. The second kappa shape index (κ2) is 8.71. The van der Waals surface area contributed by atoms with Crippen molar-refractivity contribution >= 4 is 47.7 Å². The van der Waals surface area contributed by atoms with Crippen LogP contribution in [-0.4, -0.2) is 13.0 Å². The first kappa shape index (κ1) is 20.2. The largest absolute Gasteiger partial charge is 0.788 e. The number of benzene rings is 4. The molecule has 144 valence electrons. The van der Waals surface area contributed by atoms with Gasteiger partial charge in [0.2, 0.25) is 0 Å². The molecule has 0 aliphatic rings. The summed E-state index contributed by atoms with van der Waals surface area (Å²) in [5, 5.41) is 5.59. The minimum absolute atomic E-state index is 1.04. The summed E-state index contributed by atoms with van der Waals surface area (Å²) in [5.41, 5.74) is 0. The SMILES string of the molecule is C[Si]([S-])(C[P+](c1ccccc1)(c1ccccc1)c1ccccc1)c1ccccc1. The molecule has 4 aromatic carbocycles. The van der Waals surface area contributed by atoms with Crippen LogP contribution in [0.5, 0.6) is 0 Å². The van der Waals surface area contributed by atoms with E-state index in [4.69, 9.17) is 12.1 Å². The van der Waals surface area contributed by atoms with Crippen LogP contribution in [0.1, 0.15) is 0 Å². The molecule has 0 amide bonds. The molecule has 0 bridgehead atoms. The van der Waals surface area contributed by atoms with Crippen LogP contribution in [0.4, 0.5) is 0 Å². The fourth-order valence-electron chi connectivity index (χ4n) is 4.10. The third kappa shape index (κ3) is 4.11. The molecule has 0 N–H and O–H groups in total. The molecule has 0 aromatic heterocycles. The molecular weight excluding hydrogens is 403 g/mol. The highest BCUT2D eigenvalue weighted by Gasteiger charge is 2.47. The summed E-state index contributed by atoms with van der Waals surface area (Å²) in [5.74, 6) is 1.04. The summed E-state index contributed by atoms with van der Waals surface area (Å²) in [4.78, 5) is 0. The molecule has 3 heteroatoms. The van der Waals surface area contributed by atoms with Gasteiger partial charge in [0.05, 0.1) is 0 Å². The van der Waals surface area contributed by atoms with Gasteiger partial charge in [-0.05, 0) is 43.6 Å². The Morgan fingerprint density at radius 3 is 1.21 bits per heavy atom. The monoisotopic (exact) mass is 428 g/mol. The Balaban J connectivity index is 1.98. The van der Waals surface area contributed by atoms with Gasteiger partial charge in [0.1, 0.15) is 23.2 Å². The summed E-state index contributed by atoms with van der Waals surface area (Å²) < 4.78 is 0. The van der Waals surface area contributed by atoms with Gasteiger partial charge in [0.15, 0.2) is 0 Å². The third-order valence-corrected chi connectivity index (χ3v) is 16.8. The van der Waals surface area contributed by atoms with E-state index in [9.17, 15) is 0 Å². The van der Waals surface area contributed by atoms with Gasteiger partial charge in [0, 0.05) is 5.79 Å². The van der Waals surface area contributed by atoms with Gasteiger partial charge in [-0.2, -0.15) is 0 Å². The maximum Gasteiger partial charge on any atom is 0.107 e. The first-order valence-corrected chi connectivity index (χ1v) is 15.8. The van der Waals surface area contributed by atoms with Crippen molar-refractivity contribution in [3.63, 3.8) is 0 Å². The quantitative estimate of drug-likeness (QED) is 0.247. The van der Waals surface area contributed by atoms with Crippen molar-refractivity contribution in [2.75, 3.05) is 5.79 Å².